The van der Waals surface area contributed by atoms with Crippen molar-refractivity contribution >= 4 is 22.0 Å². The second-order valence-electron chi connectivity index (χ2n) is 6.18. The van der Waals surface area contributed by atoms with E-state index < -0.39 is 15.9 Å². The van der Waals surface area contributed by atoms with Gasteiger partial charge in [-0.05, 0) is 23.8 Å². The van der Waals surface area contributed by atoms with Gasteiger partial charge in [0, 0.05) is 12.0 Å². The molecular weight excluding hydrogens is 366 g/mol. The monoisotopic (exact) mass is 385 g/mol. The van der Waals surface area contributed by atoms with Crippen LogP contribution in [0.5, 0.6) is 5.75 Å². The molecule has 0 radical (unpaired) electrons. The van der Waals surface area contributed by atoms with Crippen LogP contribution in [-0.4, -0.2) is 43.9 Å². The standard InChI is InChI=1S/C20H19NO5S/c22-13-17-8-4-5-9-19(17)26-14-20(23)21(12-16-6-2-1-3-7-16)18-10-11-27(24,25)15-18/h1-11,13,18H,12,14-15H2/t18-/m0/s1. The van der Waals surface area contributed by atoms with Gasteiger partial charge in [0.2, 0.25) is 0 Å². The molecule has 7 heteroatoms. The van der Waals surface area contributed by atoms with Gasteiger partial charge < -0.3 is 9.64 Å². The van der Waals surface area contributed by atoms with Crippen LogP contribution in [0.3, 0.4) is 0 Å². The molecule has 0 unspecified atom stereocenters. The zero-order valence-electron chi connectivity index (χ0n) is 14.5. The molecule has 1 amide bonds. The van der Waals surface area contributed by atoms with Gasteiger partial charge in [-0.3, -0.25) is 9.59 Å². The number of benzene rings is 2. The zero-order valence-corrected chi connectivity index (χ0v) is 15.3. The number of nitrogens with zero attached hydrogens (tertiary/aromatic N) is 1. The van der Waals surface area contributed by atoms with Crippen LogP contribution in [0.15, 0.2) is 66.1 Å². The molecule has 0 spiro atoms. The third-order valence-corrected chi connectivity index (χ3v) is 5.60. The first kappa shape index (κ1) is 18.8. The smallest absolute Gasteiger partial charge is 0.261 e. The second-order valence-corrected chi connectivity index (χ2v) is 8.11. The molecule has 1 aliphatic rings. The molecule has 140 valence electrons. The van der Waals surface area contributed by atoms with Gasteiger partial charge in [0.05, 0.1) is 17.4 Å². The quantitative estimate of drug-likeness (QED) is 0.683. The molecule has 3 rings (SSSR count). The van der Waals surface area contributed by atoms with Crippen LogP contribution in [0, 0.1) is 0 Å². The van der Waals surface area contributed by atoms with Crippen molar-refractivity contribution in [1.82, 2.24) is 4.90 Å². The Kier molecular flexibility index (Phi) is 5.71. The van der Waals surface area contributed by atoms with Crippen LogP contribution in [0.25, 0.3) is 0 Å². The van der Waals surface area contributed by atoms with E-state index in [4.69, 9.17) is 4.74 Å². The van der Waals surface area contributed by atoms with Gasteiger partial charge in [-0.2, -0.15) is 0 Å². The van der Waals surface area contributed by atoms with Gasteiger partial charge >= 0.3 is 0 Å². The summed E-state index contributed by atoms with van der Waals surface area (Å²) >= 11 is 0. The van der Waals surface area contributed by atoms with Crippen LogP contribution in [-0.2, 0) is 21.2 Å². The summed E-state index contributed by atoms with van der Waals surface area (Å²) in [6, 6.07) is 15.4. The van der Waals surface area contributed by atoms with E-state index in [0.717, 1.165) is 11.0 Å². The summed E-state index contributed by atoms with van der Waals surface area (Å²) in [4.78, 5) is 25.4. The molecule has 0 aromatic heterocycles. The number of ether oxygens (including phenoxy) is 1. The Morgan fingerprint density at radius 3 is 2.48 bits per heavy atom. The average Bonchev–Trinajstić information content (AvgIpc) is 3.04. The fourth-order valence-electron chi connectivity index (χ4n) is 2.86. The highest BCUT2D eigenvalue weighted by Gasteiger charge is 2.30. The minimum absolute atomic E-state index is 0.142. The first-order chi connectivity index (χ1) is 13.0. The van der Waals surface area contributed by atoms with Crippen molar-refractivity contribution in [2.45, 2.75) is 12.6 Å². The van der Waals surface area contributed by atoms with E-state index >= 15 is 0 Å². The molecule has 0 N–H and O–H groups in total. The highest BCUT2D eigenvalue weighted by atomic mass is 32.2. The van der Waals surface area contributed by atoms with Gasteiger partial charge in [-0.1, -0.05) is 42.5 Å². The number of rotatable bonds is 7. The predicted molar refractivity (Wildman–Crippen MR) is 101 cm³/mol. The summed E-state index contributed by atoms with van der Waals surface area (Å²) in [6.45, 7) is -0.0229. The van der Waals surface area contributed by atoms with Crippen LogP contribution in [0.2, 0.25) is 0 Å². The number of carbonyl (C=O) groups is 2. The lowest BCUT2D eigenvalue weighted by atomic mass is 10.1. The molecule has 0 fully saturated rings. The van der Waals surface area contributed by atoms with Crippen LogP contribution in [0.1, 0.15) is 15.9 Å². The summed E-state index contributed by atoms with van der Waals surface area (Å²) in [7, 11) is -3.31. The SMILES string of the molecule is O=Cc1ccccc1OCC(=O)N(Cc1ccccc1)[C@H]1C=CS(=O)(=O)C1. The Morgan fingerprint density at radius 2 is 1.81 bits per heavy atom. The molecule has 2 aromatic rings. The zero-order chi connectivity index (χ0) is 19.3. The van der Waals surface area contributed by atoms with Crippen molar-refractivity contribution < 1.29 is 22.7 Å². The fraction of sp³-hybridized carbons (Fsp3) is 0.200. The topological polar surface area (TPSA) is 80.8 Å². The van der Waals surface area contributed by atoms with Gasteiger partial charge in [-0.25, -0.2) is 8.42 Å². The van der Waals surface area contributed by atoms with Crippen molar-refractivity contribution in [1.29, 1.82) is 0 Å². The second kappa shape index (κ2) is 8.18. The highest BCUT2D eigenvalue weighted by molar-refractivity contribution is 7.94. The van der Waals surface area contributed by atoms with E-state index in [1.807, 2.05) is 30.3 Å². The molecule has 1 aliphatic heterocycles. The molecule has 0 saturated carbocycles. The molecule has 2 aromatic carbocycles. The molecule has 6 nitrogen and oxygen atoms in total. The number of aldehydes is 1. The van der Waals surface area contributed by atoms with E-state index in [1.54, 1.807) is 24.3 Å². The van der Waals surface area contributed by atoms with Gasteiger partial charge in [0.1, 0.15) is 5.75 Å². The van der Waals surface area contributed by atoms with E-state index in [2.05, 4.69) is 0 Å². The van der Waals surface area contributed by atoms with Crippen LogP contribution < -0.4 is 4.74 Å². The third-order valence-electron chi connectivity index (χ3n) is 4.22. The number of amides is 1. The number of para-hydroxylation sites is 1. The van der Waals surface area contributed by atoms with Gasteiger partial charge in [0.25, 0.3) is 5.91 Å². The van der Waals surface area contributed by atoms with Crippen molar-refractivity contribution in [3.8, 4) is 5.75 Å². The highest BCUT2D eigenvalue weighted by Crippen LogP contribution is 2.20. The summed E-state index contributed by atoms with van der Waals surface area (Å²) < 4.78 is 29.1. The van der Waals surface area contributed by atoms with E-state index in [0.29, 0.717) is 17.6 Å². The molecular formula is C20H19NO5S. The molecule has 1 heterocycles. The Balaban J connectivity index is 1.76. The summed E-state index contributed by atoms with van der Waals surface area (Å²) in [5.41, 5.74) is 1.24. The van der Waals surface area contributed by atoms with E-state index in [-0.39, 0.29) is 24.8 Å². The Labute approximate surface area is 158 Å². The summed E-state index contributed by atoms with van der Waals surface area (Å²) in [5.74, 6) is -0.183. The molecule has 0 saturated heterocycles. The predicted octanol–water partition coefficient (Wildman–Crippen LogP) is 2.22. The number of carbonyl (C=O) groups excluding carboxylic acids is 2. The maximum atomic E-state index is 12.8. The summed E-state index contributed by atoms with van der Waals surface area (Å²) in [6.07, 6.45) is 2.18. The van der Waals surface area contributed by atoms with Crippen molar-refractivity contribution in [2.75, 3.05) is 12.4 Å². The third kappa shape index (κ3) is 4.83. The molecule has 0 aliphatic carbocycles. The van der Waals surface area contributed by atoms with Crippen molar-refractivity contribution in [3.63, 3.8) is 0 Å². The lowest BCUT2D eigenvalue weighted by molar-refractivity contribution is -0.135. The van der Waals surface area contributed by atoms with Crippen LogP contribution in [0.4, 0.5) is 0 Å². The maximum Gasteiger partial charge on any atom is 0.261 e. The van der Waals surface area contributed by atoms with Gasteiger partial charge in [-0.15, -0.1) is 0 Å². The average molecular weight is 385 g/mol. The summed E-state index contributed by atoms with van der Waals surface area (Å²) in [5, 5.41) is 1.14. The largest absolute Gasteiger partial charge is 0.483 e. The normalized spacial score (nSPS) is 17.4. The van der Waals surface area contributed by atoms with Crippen molar-refractivity contribution in [3.05, 3.63) is 77.2 Å². The first-order valence-electron chi connectivity index (χ1n) is 8.40. The minimum atomic E-state index is -3.31. The first-order valence-corrected chi connectivity index (χ1v) is 10.1. The van der Waals surface area contributed by atoms with Gasteiger partial charge in [0.15, 0.2) is 22.7 Å². The van der Waals surface area contributed by atoms with E-state index in [9.17, 15) is 18.0 Å². The Hall–Kier alpha value is -2.93. The minimum Gasteiger partial charge on any atom is -0.483 e. The van der Waals surface area contributed by atoms with Crippen LogP contribution >= 0.6 is 0 Å². The fourth-order valence-corrected chi connectivity index (χ4v) is 4.15. The lowest BCUT2D eigenvalue weighted by Gasteiger charge is -2.27. The van der Waals surface area contributed by atoms with Crippen molar-refractivity contribution in [2.24, 2.45) is 0 Å². The molecule has 1 atom stereocenters. The van der Waals surface area contributed by atoms with E-state index in [1.165, 1.54) is 11.0 Å². The number of sulfone groups is 1. The molecule has 0 bridgehead atoms. The number of hydrogen-bond acceptors (Lipinski definition) is 5. The molecule has 27 heavy (non-hydrogen) atoms. The number of hydrogen-bond donors (Lipinski definition) is 0. The lowest BCUT2D eigenvalue weighted by Crippen LogP contribution is -2.42. The maximum absolute atomic E-state index is 12.8. The Morgan fingerprint density at radius 1 is 1.11 bits per heavy atom. The Bertz CT molecular complexity index is 953.